The summed E-state index contributed by atoms with van der Waals surface area (Å²) in [4.78, 5) is 4.20. The number of benzene rings is 1. The molecular weight excluding hydrogens is 316 g/mol. The van der Waals surface area contributed by atoms with Crippen molar-refractivity contribution in [2.45, 2.75) is 12.5 Å². The predicted octanol–water partition coefficient (Wildman–Crippen LogP) is 3.45. The maximum absolute atomic E-state index is 9.37. The Morgan fingerprint density at radius 3 is 2.91 bits per heavy atom. The second-order valence-electron chi connectivity index (χ2n) is 5.13. The van der Waals surface area contributed by atoms with Crippen LogP contribution in [0.5, 0.6) is 11.6 Å². The summed E-state index contributed by atoms with van der Waals surface area (Å²) in [5.74, 6) is 1.03. The molecule has 1 aliphatic rings. The molecule has 0 aliphatic carbocycles. The van der Waals surface area contributed by atoms with Crippen LogP contribution in [0.3, 0.4) is 0 Å². The van der Waals surface area contributed by atoms with Gasteiger partial charge in [0.25, 0.3) is 0 Å². The van der Waals surface area contributed by atoms with Gasteiger partial charge in [-0.1, -0.05) is 11.6 Å². The van der Waals surface area contributed by atoms with Gasteiger partial charge in [-0.15, -0.1) is 0 Å². The van der Waals surface area contributed by atoms with E-state index >= 15 is 0 Å². The number of nitriles is 1. The molecule has 3 rings (SSSR count). The molecule has 1 aliphatic heterocycles. The summed E-state index contributed by atoms with van der Waals surface area (Å²) in [5, 5.41) is 9.92. The van der Waals surface area contributed by atoms with Crippen molar-refractivity contribution < 1.29 is 14.2 Å². The van der Waals surface area contributed by atoms with Crippen molar-refractivity contribution in [3.8, 4) is 28.8 Å². The number of methoxy groups -OCH3 is 1. The molecule has 2 aromatic rings. The van der Waals surface area contributed by atoms with Gasteiger partial charge in [0.2, 0.25) is 5.88 Å². The minimum absolute atomic E-state index is 0.0198. The van der Waals surface area contributed by atoms with E-state index in [0.717, 1.165) is 12.0 Å². The minimum Gasteiger partial charge on any atom is -0.486 e. The van der Waals surface area contributed by atoms with Crippen LogP contribution in [0.25, 0.3) is 11.1 Å². The molecule has 1 unspecified atom stereocenters. The molecule has 0 amide bonds. The first-order valence-electron chi connectivity index (χ1n) is 7.19. The lowest BCUT2D eigenvalue weighted by atomic mass is 10.0. The summed E-state index contributed by atoms with van der Waals surface area (Å²) in [5.41, 5.74) is 1.92. The summed E-state index contributed by atoms with van der Waals surface area (Å²) in [6.07, 6.45) is 2.41. The third-order valence-corrected chi connectivity index (χ3v) is 3.86. The van der Waals surface area contributed by atoms with Gasteiger partial charge in [-0.2, -0.15) is 5.26 Å². The van der Waals surface area contributed by atoms with E-state index in [9.17, 15) is 5.26 Å². The number of rotatable bonds is 4. The first-order valence-corrected chi connectivity index (χ1v) is 7.57. The summed E-state index contributed by atoms with van der Waals surface area (Å²) in [7, 11) is 1.54. The van der Waals surface area contributed by atoms with Gasteiger partial charge in [0.05, 0.1) is 38.2 Å². The number of pyridine rings is 1. The topological polar surface area (TPSA) is 64.4 Å². The van der Waals surface area contributed by atoms with Crippen LogP contribution >= 0.6 is 11.6 Å². The molecule has 2 heterocycles. The van der Waals surface area contributed by atoms with Crippen LogP contribution in [0.2, 0.25) is 5.02 Å². The molecule has 0 spiro atoms. The summed E-state index contributed by atoms with van der Waals surface area (Å²) < 4.78 is 16.5. The van der Waals surface area contributed by atoms with E-state index < -0.39 is 0 Å². The van der Waals surface area contributed by atoms with Gasteiger partial charge in [0, 0.05) is 28.6 Å². The molecule has 0 saturated carbocycles. The monoisotopic (exact) mass is 330 g/mol. The SMILES string of the molecule is COc1cc(-c2cc(Cl)ccc2C#N)c(OC2CCOC2)cn1. The third kappa shape index (κ3) is 3.39. The Labute approximate surface area is 139 Å². The number of hydrogen-bond acceptors (Lipinski definition) is 5. The molecule has 23 heavy (non-hydrogen) atoms. The smallest absolute Gasteiger partial charge is 0.213 e. The second-order valence-corrected chi connectivity index (χ2v) is 5.56. The number of ether oxygens (including phenoxy) is 3. The van der Waals surface area contributed by atoms with Gasteiger partial charge in [-0.05, 0) is 18.2 Å². The largest absolute Gasteiger partial charge is 0.486 e. The van der Waals surface area contributed by atoms with Gasteiger partial charge in [0.1, 0.15) is 11.9 Å². The minimum atomic E-state index is -0.0198. The number of halogens is 1. The van der Waals surface area contributed by atoms with E-state index in [-0.39, 0.29) is 6.10 Å². The molecule has 6 heteroatoms. The molecule has 5 nitrogen and oxygen atoms in total. The van der Waals surface area contributed by atoms with E-state index in [4.69, 9.17) is 25.8 Å². The molecule has 118 valence electrons. The van der Waals surface area contributed by atoms with Gasteiger partial charge in [-0.3, -0.25) is 0 Å². The molecule has 0 N–H and O–H groups in total. The van der Waals surface area contributed by atoms with Crippen LogP contribution in [0.1, 0.15) is 12.0 Å². The fraction of sp³-hybridized carbons (Fsp3) is 0.294. The van der Waals surface area contributed by atoms with Crippen molar-refractivity contribution in [1.29, 1.82) is 5.26 Å². The molecule has 1 atom stereocenters. The highest BCUT2D eigenvalue weighted by atomic mass is 35.5. The number of nitrogens with zero attached hydrogens (tertiary/aromatic N) is 2. The first kappa shape index (κ1) is 15.6. The Kier molecular flexibility index (Phi) is 4.65. The zero-order chi connectivity index (χ0) is 16.2. The number of hydrogen-bond donors (Lipinski definition) is 0. The Morgan fingerprint density at radius 2 is 2.22 bits per heavy atom. The van der Waals surface area contributed by atoms with Gasteiger partial charge in [-0.25, -0.2) is 4.98 Å². The van der Waals surface area contributed by atoms with Gasteiger partial charge in [0.15, 0.2) is 0 Å². The Hall–Kier alpha value is -2.29. The van der Waals surface area contributed by atoms with Crippen LogP contribution in [0, 0.1) is 11.3 Å². The van der Waals surface area contributed by atoms with Gasteiger partial charge < -0.3 is 14.2 Å². The third-order valence-electron chi connectivity index (χ3n) is 3.63. The van der Waals surface area contributed by atoms with Crippen molar-refractivity contribution in [3.05, 3.63) is 41.0 Å². The predicted molar refractivity (Wildman–Crippen MR) is 85.8 cm³/mol. The average Bonchev–Trinajstić information content (AvgIpc) is 3.08. The summed E-state index contributed by atoms with van der Waals surface area (Å²) in [6, 6.07) is 9.05. The zero-order valence-corrected chi connectivity index (χ0v) is 13.3. The molecule has 1 aromatic heterocycles. The lowest BCUT2D eigenvalue weighted by molar-refractivity contribution is 0.141. The zero-order valence-electron chi connectivity index (χ0n) is 12.6. The highest BCUT2D eigenvalue weighted by molar-refractivity contribution is 6.31. The maximum atomic E-state index is 9.37. The van der Waals surface area contributed by atoms with Crippen LogP contribution in [0.15, 0.2) is 30.5 Å². The first-order chi connectivity index (χ1) is 11.2. The summed E-state index contributed by atoms with van der Waals surface area (Å²) >= 11 is 6.10. The highest BCUT2D eigenvalue weighted by Gasteiger charge is 2.21. The lowest BCUT2D eigenvalue weighted by Crippen LogP contribution is -2.16. The molecule has 1 saturated heterocycles. The van der Waals surface area contributed by atoms with Crippen molar-refractivity contribution in [3.63, 3.8) is 0 Å². The van der Waals surface area contributed by atoms with Crippen molar-refractivity contribution in [2.75, 3.05) is 20.3 Å². The van der Waals surface area contributed by atoms with Crippen molar-refractivity contribution in [1.82, 2.24) is 4.98 Å². The Morgan fingerprint density at radius 1 is 1.35 bits per heavy atom. The summed E-state index contributed by atoms with van der Waals surface area (Å²) in [6.45, 7) is 1.23. The molecule has 0 radical (unpaired) electrons. The van der Waals surface area contributed by atoms with Crippen LogP contribution in [-0.4, -0.2) is 31.4 Å². The van der Waals surface area contributed by atoms with Crippen molar-refractivity contribution in [2.24, 2.45) is 0 Å². The second kappa shape index (κ2) is 6.86. The van der Waals surface area contributed by atoms with E-state index in [0.29, 0.717) is 41.0 Å². The van der Waals surface area contributed by atoms with E-state index in [1.807, 2.05) is 0 Å². The fourth-order valence-corrected chi connectivity index (χ4v) is 2.63. The van der Waals surface area contributed by atoms with E-state index in [2.05, 4.69) is 11.1 Å². The van der Waals surface area contributed by atoms with Gasteiger partial charge >= 0.3 is 0 Å². The quantitative estimate of drug-likeness (QED) is 0.859. The van der Waals surface area contributed by atoms with E-state index in [1.54, 1.807) is 37.6 Å². The molecule has 1 aromatic carbocycles. The standard InChI is InChI=1S/C17H15ClN2O3/c1-21-17-7-15(14-6-12(18)3-2-11(14)8-19)16(9-20-17)23-13-4-5-22-10-13/h2-3,6-7,9,13H,4-5,10H2,1H3. The maximum Gasteiger partial charge on any atom is 0.213 e. The molecular formula is C17H15ClN2O3. The normalized spacial score (nSPS) is 16.8. The molecule has 1 fully saturated rings. The lowest BCUT2D eigenvalue weighted by Gasteiger charge is -2.17. The Balaban J connectivity index is 2.08. The van der Waals surface area contributed by atoms with E-state index in [1.165, 1.54) is 0 Å². The molecule has 0 bridgehead atoms. The van der Waals surface area contributed by atoms with Crippen LogP contribution < -0.4 is 9.47 Å². The number of aromatic nitrogens is 1. The fourth-order valence-electron chi connectivity index (χ4n) is 2.46. The average molecular weight is 331 g/mol. The van der Waals surface area contributed by atoms with Crippen LogP contribution in [0.4, 0.5) is 0 Å². The highest BCUT2D eigenvalue weighted by Crippen LogP contribution is 2.36. The van der Waals surface area contributed by atoms with Crippen LogP contribution in [-0.2, 0) is 4.74 Å². The Bertz CT molecular complexity index is 752. The van der Waals surface area contributed by atoms with Crippen molar-refractivity contribution >= 4 is 11.6 Å².